The minimum absolute atomic E-state index is 0.0401. The van der Waals surface area contributed by atoms with E-state index in [-0.39, 0.29) is 32.0 Å². The van der Waals surface area contributed by atoms with Gasteiger partial charge in [0.15, 0.2) is 6.10 Å². The Labute approximate surface area is 498 Å². The summed E-state index contributed by atoms with van der Waals surface area (Å²) < 4.78 is 34.2. The molecule has 0 rings (SSSR count). The Hall–Kier alpha value is -3.85. The molecule has 0 aromatic rings. The van der Waals surface area contributed by atoms with Gasteiger partial charge >= 0.3 is 11.9 Å². The second-order valence-corrected chi connectivity index (χ2v) is 23.8. The predicted octanol–water partition coefficient (Wildman–Crippen LogP) is 20.2. The summed E-state index contributed by atoms with van der Waals surface area (Å²) in [7, 11) is 1.14. The summed E-state index contributed by atoms with van der Waals surface area (Å²) in [6, 6.07) is 0. The largest absolute Gasteiger partial charge is 0.756 e. The van der Waals surface area contributed by atoms with Crippen molar-refractivity contribution in [3.05, 3.63) is 134 Å². The van der Waals surface area contributed by atoms with Gasteiger partial charge in [0.2, 0.25) is 0 Å². The molecule has 0 radical (unpaired) electrons. The van der Waals surface area contributed by atoms with Gasteiger partial charge in [-0.25, -0.2) is 0 Å². The van der Waals surface area contributed by atoms with E-state index in [2.05, 4.69) is 148 Å². The topological polar surface area (TPSA) is 111 Å². The fourth-order valence-corrected chi connectivity index (χ4v) is 9.21. The second kappa shape index (κ2) is 60.7. The SMILES string of the molecule is CC/C=C\C/C=C\C/C=C\C/C=C\C/C=C\C/C=C\C/C=C\C/C=C\C/C=C\C/C=C\C/C=C\CCCCCCCC(=O)OC(COC(=O)CCCCCCCCCCCCCCCCCCCC)COP(=O)([O-])OCC[N+](C)(C)C. The van der Waals surface area contributed by atoms with Gasteiger partial charge in [-0.2, -0.15) is 0 Å². The molecular formula is C71H120NO8P. The number of esters is 2. The molecule has 0 saturated carbocycles. The van der Waals surface area contributed by atoms with E-state index in [0.717, 1.165) is 122 Å². The Balaban J connectivity index is 4.17. The van der Waals surface area contributed by atoms with E-state index in [4.69, 9.17) is 18.5 Å². The van der Waals surface area contributed by atoms with Crippen molar-refractivity contribution in [2.24, 2.45) is 0 Å². The van der Waals surface area contributed by atoms with E-state index in [9.17, 15) is 19.0 Å². The van der Waals surface area contributed by atoms with Gasteiger partial charge in [0.25, 0.3) is 7.82 Å². The molecule has 0 aliphatic rings. The highest BCUT2D eigenvalue weighted by atomic mass is 31.2. The molecule has 2 unspecified atom stereocenters. The number of rotatable bonds is 58. The van der Waals surface area contributed by atoms with Crippen LogP contribution in [-0.2, 0) is 32.7 Å². The van der Waals surface area contributed by atoms with Crippen LogP contribution in [0.15, 0.2) is 134 Å². The number of nitrogens with zero attached hydrogens (tertiary/aromatic N) is 1. The van der Waals surface area contributed by atoms with Crippen LogP contribution in [0.5, 0.6) is 0 Å². The number of unbranched alkanes of at least 4 members (excludes halogenated alkanes) is 22. The molecule has 0 amide bonds. The number of carbonyl (C=O) groups excluding carboxylic acids is 2. The van der Waals surface area contributed by atoms with Gasteiger partial charge in [-0.15, -0.1) is 0 Å². The average molecular weight is 1150 g/mol. The lowest BCUT2D eigenvalue weighted by Gasteiger charge is -2.28. The van der Waals surface area contributed by atoms with E-state index in [0.29, 0.717) is 17.4 Å². The standard InChI is InChI=1S/C71H120NO8P/c1-6-8-10-12-14-16-18-20-22-24-26-27-28-29-30-31-32-33-34-35-36-37-38-39-40-41-42-43-44-45-46-48-50-52-54-56-58-60-62-64-71(74)80-69(68-79-81(75,76)78-66-65-72(3,4)5)67-77-70(73)63-61-59-57-55-53-51-49-47-25-23-21-19-17-15-13-11-9-7-2/h8,10,14,16,20,22,26-27,29-30,32-33,35-36,38-39,41-42,44-45,48,50,69H,6-7,9,11-13,15,17-19,21,23-25,28,31,34,37,40,43,46-47,49,51-68H2,1-5H3/b10-8-,16-14-,22-20-,27-26-,30-29-,33-32-,36-35-,39-38-,42-41-,45-44-,50-48-. The third-order valence-corrected chi connectivity index (χ3v) is 14.4. The molecule has 10 heteroatoms. The number of likely N-dealkylation sites (N-methyl/N-ethyl adjacent to an activating group) is 1. The van der Waals surface area contributed by atoms with Gasteiger partial charge in [0.1, 0.15) is 19.8 Å². The zero-order valence-corrected chi connectivity index (χ0v) is 53.3. The minimum Gasteiger partial charge on any atom is -0.756 e. The molecular weight excluding hydrogens is 1030 g/mol. The Bertz CT molecular complexity index is 1830. The number of ether oxygens (including phenoxy) is 2. The van der Waals surface area contributed by atoms with Crippen LogP contribution < -0.4 is 4.89 Å². The molecule has 0 N–H and O–H groups in total. The first-order chi connectivity index (χ1) is 39.5. The molecule has 0 spiro atoms. The summed E-state index contributed by atoms with van der Waals surface area (Å²) in [5.74, 6) is -0.857. The lowest BCUT2D eigenvalue weighted by molar-refractivity contribution is -0.870. The number of phosphoric acid groups is 1. The van der Waals surface area contributed by atoms with Crippen molar-refractivity contribution in [2.45, 2.75) is 258 Å². The van der Waals surface area contributed by atoms with Crippen LogP contribution in [0.3, 0.4) is 0 Å². The number of hydrogen-bond acceptors (Lipinski definition) is 8. The molecule has 9 nitrogen and oxygen atoms in total. The fraction of sp³-hybridized carbons (Fsp3) is 0.662. The molecule has 2 atom stereocenters. The van der Waals surface area contributed by atoms with Gasteiger partial charge in [0, 0.05) is 12.8 Å². The van der Waals surface area contributed by atoms with Gasteiger partial charge < -0.3 is 27.9 Å². The van der Waals surface area contributed by atoms with E-state index in [1.165, 1.54) is 96.3 Å². The summed E-state index contributed by atoms with van der Waals surface area (Å²) >= 11 is 0. The highest BCUT2D eigenvalue weighted by Crippen LogP contribution is 2.38. The third kappa shape index (κ3) is 65.2. The van der Waals surface area contributed by atoms with Gasteiger partial charge in [-0.05, 0) is 96.3 Å². The number of allylic oxidation sites excluding steroid dienone is 22. The first-order valence-electron chi connectivity index (χ1n) is 32.4. The Kier molecular flexibility index (Phi) is 57.8. The molecule has 0 aromatic carbocycles. The lowest BCUT2D eigenvalue weighted by Crippen LogP contribution is -2.37. The number of phosphoric ester groups is 1. The van der Waals surface area contributed by atoms with Gasteiger partial charge in [-0.3, -0.25) is 14.2 Å². The van der Waals surface area contributed by atoms with Crippen molar-refractivity contribution in [1.29, 1.82) is 0 Å². The van der Waals surface area contributed by atoms with Crippen molar-refractivity contribution >= 4 is 19.8 Å². The van der Waals surface area contributed by atoms with Crippen molar-refractivity contribution in [3.63, 3.8) is 0 Å². The first-order valence-corrected chi connectivity index (χ1v) is 33.9. The fourth-order valence-electron chi connectivity index (χ4n) is 8.48. The summed E-state index contributed by atoms with van der Waals surface area (Å²) in [5.41, 5.74) is 0. The zero-order valence-electron chi connectivity index (χ0n) is 52.4. The van der Waals surface area contributed by atoms with E-state index >= 15 is 0 Å². The summed E-state index contributed by atoms with van der Waals surface area (Å²) in [6.45, 7) is 4.11. The van der Waals surface area contributed by atoms with Crippen molar-refractivity contribution in [3.8, 4) is 0 Å². The van der Waals surface area contributed by atoms with Crippen molar-refractivity contribution in [2.75, 3.05) is 47.5 Å². The molecule has 0 bridgehead atoms. The Morgan fingerprint density at radius 3 is 1.05 bits per heavy atom. The summed E-state index contributed by atoms with van der Waals surface area (Å²) in [5, 5.41) is 0. The van der Waals surface area contributed by atoms with Crippen molar-refractivity contribution < 1.29 is 42.1 Å². The van der Waals surface area contributed by atoms with Crippen LogP contribution in [0, 0.1) is 0 Å². The maximum Gasteiger partial charge on any atom is 0.306 e. The van der Waals surface area contributed by atoms with E-state index in [1.54, 1.807) is 0 Å². The quantitative estimate of drug-likeness (QED) is 0.0195. The molecule has 0 fully saturated rings. The van der Waals surface area contributed by atoms with Crippen LogP contribution in [0.1, 0.15) is 251 Å². The van der Waals surface area contributed by atoms with Crippen LogP contribution in [0.2, 0.25) is 0 Å². The molecule has 0 saturated heterocycles. The number of quaternary nitrogens is 1. The molecule has 0 aliphatic carbocycles. The van der Waals surface area contributed by atoms with E-state index in [1.807, 2.05) is 21.1 Å². The molecule has 0 heterocycles. The van der Waals surface area contributed by atoms with Gasteiger partial charge in [-0.1, -0.05) is 276 Å². The Morgan fingerprint density at radius 1 is 0.395 bits per heavy atom. The summed E-state index contributed by atoms with van der Waals surface area (Å²) in [6.07, 6.45) is 88.0. The van der Waals surface area contributed by atoms with Crippen LogP contribution in [-0.4, -0.2) is 70.0 Å². The van der Waals surface area contributed by atoms with Crippen molar-refractivity contribution in [1.82, 2.24) is 0 Å². The predicted molar refractivity (Wildman–Crippen MR) is 346 cm³/mol. The summed E-state index contributed by atoms with van der Waals surface area (Å²) in [4.78, 5) is 37.9. The molecule has 0 aliphatic heterocycles. The normalized spacial score (nSPS) is 14.1. The van der Waals surface area contributed by atoms with Crippen LogP contribution in [0.25, 0.3) is 0 Å². The lowest BCUT2D eigenvalue weighted by atomic mass is 10.0. The maximum atomic E-state index is 12.8. The second-order valence-electron chi connectivity index (χ2n) is 22.4. The number of hydrogen-bond donors (Lipinski definition) is 0. The first kappa shape index (κ1) is 77.2. The minimum atomic E-state index is -4.65. The maximum absolute atomic E-state index is 12.8. The number of carbonyl (C=O) groups is 2. The average Bonchev–Trinajstić information content (AvgIpc) is 3.43. The monoisotopic (exact) mass is 1150 g/mol. The third-order valence-electron chi connectivity index (χ3n) is 13.4. The van der Waals surface area contributed by atoms with Crippen LogP contribution in [0.4, 0.5) is 0 Å². The molecule has 81 heavy (non-hydrogen) atoms. The van der Waals surface area contributed by atoms with Crippen LogP contribution >= 0.6 is 7.82 Å². The van der Waals surface area contributed by atoms with Gasteiger partial charge in [0.05, 0.1) is 27.7 Å². The smallest absolute Gasteiger partial charge is 0.306 e. The zero-order chi connectivity index (χ0) is 59.1. The van der Waals surface area contributed by atoms with E-state index < -0.39 is 26.5 Å². The Morgan fingerprint density at radius 2 is 0.704 bits per heavy atom. The molecule has 462 valence electrons. The highest BCUT2D eigenvalue weighted by molar-refractivity contribution is 7.45. The highest BCUT2D eigenvalue weighted by Gasteiger charge is 2.22. The molecule has 0 aromatic heterocycles.